The van der Waals surface area contributed by atoms with Gasteiger partial charge in [0.15, 0.2) is 0 Å². The van der Waals surface area contributed by atoms with E-state index in [1.54, 1.807) is 11.0 Å². The number of rotatable bonds is 3. The Kier molecular flexibility index (Phi) is 2.95. The molecule has 0 spiro atoms. The van der Waals surface area contributed by atoms with Crippen molar-refractivity contribution in [3.05, 3.63) is 23.8 Å². The molecular weight excluding hydrogens is 202 g/mol. The van der Waals surface area contributed by atoms with Crippen LogP contribution < -0.4 is 0 Å². The number of carbonyl (C=O) groups excluding carboxylic acids is 2. The molecule has 0 aromatic carbocycles. The molecule has 0 aromatic rings. The normalized spacial score (nSPS) is 24.1. The van der Waals surface area contributed by atoms with Crippen molar-refractivity contribution in [1.82, 2.24) is 4.90 Å². The second kappa shape index (κ2) is 4.24. The van der Waals surface area contributed by atoms with Gasteiger partial charge in [-0.25, -0.2) is 0 Å². The quantitative estimate of drug-likeness (QED) is 0.677. The maximum Gasteiger partial charge on any atom is 0.295 e. The molecule has 1 aliphatic carbocycles. The standard InChI is InChI=1S/C13H17NO2/c1-9(2)7-8-14-11-6-4-3-5-10(11)12(15)13(14)16/h3-5,9,11H,6-8H2,1-2H3. The number of likely N-dealkylation sites (tertiary alicyclic amines) is 1. The molecule has 1 amide bonds. The van der Waals surface area contributed by atoms with Crippen molar-refractivity contribution in [3.8, 4) is 0 Å². The van der Waals surface area contributed by atoms with Crippen LogP contribution in [0.5, 0.6) is 0 Å². The Bertz CT molecular complexity index is 379. The highest BCUT2D eigenvalue weighted by atomic mass is 16.2. The average Bonchev–Trinajstić information content (AvgIpc) is 2.50. The van der Waals surface area contributed by atoms with Crippen molar-refractivity contribution < 1.29 is 9.59 Å². The largest absolute Gasteiger partial charge is 0.328 e. The zero-order valence-corrected chi connectivity index (χ0v) is 9.77. The lowest BCUT2D eigenvalue weighted by Crippen LogP contribution is -2.35. The van der Waals surface area contributed by atoms with Gasteiger partial charge in [0, 0.05) is 12.1 Å². The molecule has 3 nitrogen and oxygen atoms in total. The average molecular weight is 219 g/mol. The van der Waals surface area contributed by atoms with E-state index in [0.29, 0.717) is 18.0 Å². The Morgan fingerprint density at radius 2 is 2.19 bits per heavy atom. The van der Waals surface area contributed by atoms with E-state index >= 15 is 0 Å². The van der Waals surface area contributed by atoms with Gasteiger partial charge in [0.1, 0.15) is 0 Å². The van der Waals surface area contributed by atoms with Crippen molar-refractivity contribution >= 4 is 11.7 Å². The van der Waals surface area contributed by atoms with Crippen LogP contribution in [0.1, 0.15) is 26.7 Å². The lowest BCUT2D eigenvalue weighted by molar-refractivity contribution is -0.139. The van der Waals surface area contributed by atoms with Gasteiger partial charge in [0.25, 0.3) is 5.91 Å². The summed E-state index contributed by atoms with van der Waals surface area (Å²) < 4.78 is 0. The third-order valence-electron chi connectivity index (χ3n) is 3.17. The summed E-state index contributed by atoms with van der Waals surface area (Å²) in [6.07, 6.45) is 7.39. The van der Waals surface area contributed by atoms with Gasteiger partial charge in [-0.05, 0) is 18.8 Å². The summed E-state index contributed by atoms with van der Waals surface area (Å²) in [5, 5.41) is 0. The van der Waals surface area contributed by atoms with E-state index in [2.05, 4.69) is 13.8 Å². The van der Waals surface area contributed by atoms with E-state index < -0.39 is 0 Å². The van der Waals surface area contributed by atoms with E-state index in [4.69, 9.17) is 0 Å². The summed E-state index contributed by atoms with van der Waals surface area (Å²) in [4.78, 5) is 25.2. The molecule has 1 unspecified atom stereocenters. The molecule has 1 atom stereocenters. The highest BCUT2D eigenvalue weighted by Crippen LogP contribution is 2.28. The van der Waals surface area contributed by atoms with Crippen LogP contribution in [0.2, 0.25) is 0 Å². The van der Waals surface area contributed by atoms with Crippen LogP contribution in [-0.4, -0.2) is 29.2 Å². The number of hydrogen-bond acceptors (Lipinski definition) is 2. The highest BCUT2D eigenvalue weighted by Gasteiger charge is 2.42. The number of carbonyl (C=O) groups is 2. The molecule has 3 heteroatoms. The first-order valence-electron chi connectivity index (χ1n) is 5.83. The zero-order valence-electron chi connectivity index (χ0n) is 9.77. The van der Waals surface area contributed by atoms with Crippen molar-refractivity contribution in [3.63, 3.8) is 0 Å². The summed E-state index contributed by atoms with van der Waals surface area (Å²) in [6.45, 7) is 4.94. The molecule has 1 heterocycles. The van der Waals surface area contributed by atoms with Crippen LogP contribution >= 0.6 is 0 Å². The molecule has 0 bridgehead atoms. The van der Waals surface area contributed by atoms with Crippen molar-refractivity contribution in [2.75, 3.05) is 6.54 Å². The number of Topliss-reactive ketones (excluding diaryl/α,β-unsaturated/α-hetero) is 1. The molecular formula is C13H17NO2. The van der Waals surface area contributed by atoms with E-state index in [9.17, 15) is 9.59 Å². The monoisotopic (exact) mass is 219 g/mol. The molecule has 0 saturated carbocycles. The van der Waals surface area contributed by atoms with Crippen molar-refractivity contribution in [2.45, 2.75) is 32.7 Å². The summed E-state index contributed by atoms with van der Waals surface area (Å²) in [6, 6.07) is 0.00347. The fraction of sp³-hybridized carbons (Fsp3) is 0.538. The van der Waals surface area contributed by atoms with Crippen LogP contribution in [-0.2, 0) is 9.59 Å². The predicted octanol–water partition coefficient (Wildman–Crippen LogP) is 1.70. The number of amides is 1. The van der Waals surface area contributed by atoms with E-state index in [1.807, 2.05) is 12.2 Å². The molecule has 2 rings (SSSR count). The minimum Gasteiger partial charge on any atom is -0.328 e. The maximum atomic E-state index is 11.8. The number of hydrogen-bond donors (Lipinski definition) is 0. The summed E-state index contributed by atoms with van der Waals surface area (Å²) in [7, 11) is 0. The third kappa shape index (κ3) is 1.82. The Morgan fingerprint density at radius 3 is 2.88 bits per heavy atom. The fourth-order valence-electron chi connectivity index (χ4n) is 2.19. The van der Waals surface area contributed by atoms with Gasteiger partial charge in [-0.1, -0.05) is 32.1 Å². The topological polar surface area (TPSA) is 37.4 Å². The molecule has 1 fully saturated rings. The molecule has 0 radical (unpaired) electrons. The van der Waals surface area contributed by atoms with E-state index in [1.165, 1.54) is 0 Å². The van der Waals surface area contributed by atoms with Crippen LogP contribution in [0.4, 0.5) is 0 Å². The summed E-state index contributed by atoms with van der Waals surface area (Å²) >= 11 is 0. The van der Waals surface area contributed by atoms with E-state index in [-0.39, 0.29) is 17.7 Å². The van der Waals surface area contributed by atoms with Gasteiger partial charge in [-0.3, -0.25) is 9.59 Å². The number of ketones is 1. The highest BCUT2D eigenvalue weighted by molar-refractivity contribution is 6.45. The van der Waals surface area contributed by atoms with E-state index in [0.717, 1.165) is 12.8 Å². The van der Waals surface area contributed by atoms with Gasteiger partial charge >= 0.3 is 0 Å². The summed E-state index contributed by atoms with van der Waals surface area (Å²) in [5.41, 5.74) is 0.677. The molecule has 86 valence electrons. The number of fused-ring (bicyclic) bond motifs is 1. The molecule has 1 saturated heterocycles. The second-order valence-corrected chi connectivity index (χ2v) is 4.81. The molecule has 1 aliphatic heterocycles. The maximum absolute atomic E-state index is 11.8. The Morgan fingerprint density at radius 1 is 1.44 bits per heavy atom. The SMILES string of the molecule is CC(C)CCN1C(=O)C(=O)C2=CC=CCC21. The van der Waals surface area contributed by atoms with Gasteiger partial charge in [-0.2, -0.15) is 0 Å². The van der Waals surface area contributed by atoms with Crippen LogP contribution in [0.3, 0.4) is 0 Å². The third-order valence-corrected chi connectivity index (χ3v) is 3.17. The smallest absolute Gasteiger partial charge is 0.295 e. The van der Waals surface area contributed by atoms with Crippen LogP contribution in [0.15, 0.2) is 23.8 Å². The molecule has 16 heavy (non-hydrogen) atoms. The van der Waals surface area contributed by atoms with Crippen LogP contribution in [0.25, 0.3) is 0 Å². The molecule has 0 N–H and O–H groups in total. The Labute approximate surface area is 95.8 Å². The molecule has 0 aromatic heterocycles. The second-order valence-electron chi connectivity index (χ2n) is 4.81. The Hall–Kier alpha value is -1.38. The number of allylic oxidation sites excluding steroid dienone is 2. The predicted molar refractivity (Wildman–Crippen MR) is 61.8 cm³/mol. The first-order valence-corrected chi connectivity index (χ1v) is 5.83. The Balaban J connectivity index is 2.14. The van der Waals surface area contributed by atoms with Gasteiger partial charge in [0.05, 0.1) is 6.04 Å². The zero-order chi connectivity index (χ0) is 11.7. The number of nitrogens with zero attached hydrogens (tertiary/aromatic N) is 1. The van der Waals surface area contributed by atoms with Gasteiger partial charge in [0.2, 0.25) is 5.78 Å². The van der Waals surface area contributed by atoms with Gasteiger partial charge in [-0.15, -0.1) is 0 Å². The molecule has 2 aliphatic rings. The summed E-state index contributed by atoms with van der Waals surface area (Å²) in [5.74, 6) is -0.0752. The lowest BCUT2D eigenvalue weighted by atomic mass is 9.99. The fourth-order valence-corrected chi connectivity index (χ4v) is 2.19. The van der Waals surface area contributed by atoms with Gasteiger partial charge < -0.3 is 4.90 Å². The first-order chi connectivity index (χ1) is 7.61. The van der Waals surface area contributed by atoms with Crippen molar-refractivity contribution in [2.24, 2.45) is 5.92 Å². The lowest BCUT2D eigenvalue weighted by Gasteiger charge is -2.25. The van der Waals surface area contributed by atoms with Crippen LogP contribution in [0, 0.1) is 5.92 Å². The first kappa shape index (κ1) is 11.1. The minimum absolute atomic E-state index is 0.00347. The minimum atomic E-state index is -0.319. The van der Waals surface area contributed by atoms with Crippen molar-refractivity contribution in [1.29, 1.82) is 0 Å².